The molecule has 1 aromatic heterocycles. The van der Waals surface area contributed by atoms with E-state index in [4.69, 9.17) is 9.15 Å². The van der Waals surface area contributed by atoms with Crippen LogP contribution in [-0.2, 0) is 11.3 Å². The fourth-order valence-electron chi connectivity index (χ4n) is 2.08. The van der Waals surface area contributed by atoms with Crippen molar-refractivity contribution in [1.29, 1.82) is 0 Å². The summed E-state index contributed by atoms with van der Waals surface area (Å²) < 4.78 is 10.9. The number of nitrogens with one attached hydrogen (secondary N) is 1. The molecule has 1 aliphatic heterocycles. The van der Waals surface area contributed by atoms with E-state index in [9.17, 15) is 0 Å². The van der Waals surface area contributed by atoms with Gasteiger partial charge in [-0.1, -0.05) is 13.8 Å². The normalized spacial score (nSPS) is 17.3. The molecule has 1 aromatic rings. The first-order valence-electron chi connectivity index (χ1n) is 6.65. The van der Waals surface area contributed by atoms with E-state index >= 15 is 0 Å². The number of hydrogen-bond acceptors (Lipinski definition) is 5. The minimum absolute atomic E-state index is 0.457. The molecule has 1 fully saturated rings. The Labute approximate surface area is 109 Å². The Hall–Kier alpha value is -1.07. The van der Waals surface area contributed by atoms with Gasteiger partial charge in [0.15, 0.2) is 0 Å². The molecular weight excluding hydrogens is 230 g/mol. The van der Waals surface area contributed by atoms with Crippen molar-refractivity contribution in [1.82, 2.24) is 10.3 Å². The first kappa shape index (κ1) is 13.4. The molecule has 0 bridgehead atoms. The lowest BCUT2D eigenvalue weighted by Crippen LogP contribution is -2.36. The fraction of sp³-hybridized carbons (Fsp3) is 0.769. The van der Waals surface area contributed by atoms with Gasteiger partial charge in [-0.25, -0.2) is 0 Å². The zero-order valence-corrected chi connectivity index (χ0v) is 11.5. The molecule has 2 rings (SSSR count). The van der Waals surface area contributed by atoms with Crippen LogP contribution in [-0.4, -0.2) is 37.3 Å². The van der Waals surface area contributed by atoms with Crippen LogP contribution < -0.4 is 10.2 Å². The van der Waals surface area contributed by atoms with E-state index in [0.29, 0.717) is 18.1 Å². The summed E-state index contributed by atoms with van der Waals surface area (Å²) in [6.07, 6.45) is 3.82. The van der Waals surface area contributed by atoms with E-state index in [0.717, 1.165) is 38.3 Å². The van der Waals surface area contributed by atoms with Gasteiger partial charge in [0.05, 0.1) is 5.69 Å². The van der Waals surface area contributed by atoms with Crippen molar-refractivity contribution in [2.24, 2.45) is 0 Å². The lowest BCUT2D eigenvalue weighted by molar-refractivity contribution is 0.0846. The summed E-state index contributed by atoms with van der Waals surface area (Å²) in [5.41, 5.74) is 0.956. The number of rotatable bonds is 5. The van der Waals surface area contributed by atoms with Gasteiger partial charge < -0.3 is 19.4 Å². The smallest absolute Gasteiger partial charge is 0.297 e. The highest BCUT2D eigenvalue weighted by Gasteiger charge is 2.21. The predicted molar refractivity (Wildman–Crippen MR) is 70.7 cm³/mol. The van der Waals surface area contributed by atoms with Gasteiger partial charge in [-0.3, -0.25) is 0 Å². The van der Waals surface area contributed by atoms with E-state index in [1.54, 1.807) is 6.26 Å². The molecule has 0 amide bonds. The SMILES string of the molecule is CC(C)NCc1coc(N(C)C2CCOCC2)n1. The molecule has 2 heterocycles. The topological polar surface area (TPSA) is 50.5 Å². The Morgan fingerprint density at radius 2 is 2.17 bits per heavy atom. The molecule has 102 valence electrons. The largest absolute Gasteiger partial charge is 0.432 e. The summed E-state index contributed by atoms with van der Waals surface area (Å²) in [4.78, 5) is 6.64. The summed E-state index contributed by atoms with van der Waals surface area (Å²) >= 11 is 0. The summed E-state index contributed by atoms with van der Waals surface area (Å²) in [5, 5.41) is 3.33. The van der Waals surface area contributed by atoms with Crippen molar-refractivity contribution in [3.8, 4) is 0 Å². The van der Waals surface area contributed by atoms with E-state index in [1.807, 2.05) is 7.05 Å². The van der Waals surface area contributed by atoms with Crippen LogP contribution in [0, 0.1) is 0 Å². The van der Waals surface area contributed by atoms with Gasteiger partial charge in [-0.05, 0) is 12.8 Å². The average molecular weight is 253 g/mol. The second-order valence-electron chi connectivity index (χ2n) is 5.11. The number of anilines is 1. The maximum absolute atomic E-state index is 5.55. The highest BCUT2D eigenvalue weighted by molar-refractivity contribution is 5.27. The minimum Gasteiger partial charge on any atom is -0.432 e. The van der Waals surface area contributed by atoms with Crippen LogP contribution >= 0.6 is 0 Å². The van der Waals surface area contributed by atoms with Crippen LogP contribution in [0.15, 0.2) is 10.7 Å². The Morgan fingerprint density at radius 1 is 1.44 bits per heavy atom. The molecule has 18 heavy (non-hydrogen) atoms. The second kappa shape index (κ2) is 6.20. The number of nitrogens with zero attached hydrogens (tertiary/aromatic N) is 2. The molecule has 0 aliphatic carbocycles. The Kier molecular flexibility index (Phi) is 4.60. The molecular formula is C13H23N3O2. The minimum atomic E-state index is 0.457. The molecule has 0 aromatic carbocycles. The maximum atomic E-state index is 5.55. The second-order valence-corrected chi connectivity index (χ2v) is 5.11. The van der Waals surface area contributed by atoms with Crippen molar-refractivity contribution >= 4 is 6.01 Å². The van der Waals surface area contributed by atoms with Crippen molar-refractivity contribution in [2.45, 2.75) is 45.3 Å². The molecule has 0 unspecified atom stereocenters. The van der Waals surface area contributed by atoms with Gasteiger partial charge in [0.25, 0.3) is 6.01 Å². The van der Waals surface area contributed by atoms with Crippen molar-refractivity contribution in [3.05, 3.63) is 12.0 Å². The molecule has 1 saturated heterocycles. The van der Waals surface area contributed by atoms with E-state index in [-0.39, 0.29) is 0 Å². The quantitative estimate of drug-likeness (QED) is 0.867. The van der Waals surface area contributed by atoms with Crippen molar-refractivity contribution in [3.63, 3.8) is 0 Å². The first-order chi connectivity index (χ1) is 8.66. The van der Waals surface area contributed by atoms with Crippen LogP contribution in [0.4, 0.5) is 6.01 Å². The summed E-state index contributed by atoms with van der Waals surface area (Å²) in [6.45, 7) is 6.65. The predicted octanol–water partition coefficient (Wildman–Crippen LogP) is 1.79. The fourth-order valence-corrected chi connectivity index (χ4v) is 2.08. The molecule has 0 spiro atoms. The molecule has 0 radical (unpaired) electrons. The zero-order valence-electron chi connectivity index (χ0n) is 11.5. The van der Waals surface area contributed by atoms with Gasteiger partial charge in [0.1, 0.15) is 6.26 Å². The van der Waals surface area contributed by atoms with Gasteiger partial charge in [-0.2, -0.15) is 4.98 Å². The summed E-state index contributed by atoms with van der Waals surface area (Å²) in [7, 11) is 2.04. The Bertz CT molecular complexity index is 359. The monoisotopic (exact) mass is 253 g/mol. The van der Waals surface area contributed by atoms with Crippen LogP contribution in [0.3, 0.4) is 0 Å². The average Bonchev–Trinajstić information content (AvgIpc) is 2.85. The van der Waals surface area contributed by atoms with Crippen molar-refractivity contribution in [2.75, 3.05) is 25.2 Å². The van der Waals surface area contributed by atoms with E-state index in [2.05, 4.69) is 29.0 Å². The van der Waals surface area contributed by atoms with Gasteiger partial charge in [0.2, 0.25) is 0 Å². The maximum Gasteiger partial charge on any atom is 0.297 e. The number of oxazole rings is 1. The number of hydrogen-bond donors (Lipinski definition) is 1. The molecule has 0 atom stereocenters. The van der Waals surface area contributed by atoms with Gasteiger partial charge in [-0.15, -0.1) is 0 Å². The number of aromatic nitrogens is 1. The van der Waals surface area contributed by atoms with Gasteiger partial charge >= 0.3 is 0 Å². The lowest BCUT2D eigenvalue weighted by atomic mass is 10.1. The van der Waals surface area contributed by atoms with Crippen LogP contribution in [0.25, 0.3) is 0 Å². The van der Waals surface area contributed by atoms with Crippen LogP contribution in [0.5, 0.6) is 0 Å². The molecule has 1 N–H and O–H groups in total. The first-order valence-corrected chi connectivity index (χ1v) is 6.65. The van der Waals surface area contributed by atoms with Crippen LogP contribution in [0.2, 0.25) is 0 Å². The summed E-state index contributed by atoms with van der Waals surface area (Å²) in [6, 6.07) is 1.64. The van der Waals surface area contributed by atoms with Gasteiger partial charge in [0, 0.05) is 38.9 Å². The molecule has 5 nitrogen and oxygen atoms in total. The summed E-state index contributed by atoms with van der Waals surface area (Å²) in [5.74, 6) is 0. The molecule has 0 saturated carbocycles. The third kappa shape index (κ3) is 3.46. The molecule has 1 aliphatic rings. The lowest BCUT2D eigenvalue weighted by Gasteiger charge is -2.29. The highest BCUT2D eigenvalue weighted by atomic mass is 16.5. The van der Waals surface area contributed by atoms with E-state index < -0.39 is 0 Å². The Morgan fingerprint density at radius 3 is 2.83 bits per heavy atom. The molecule has 5 heteroatoms. The standard InChI is InChI=1S/C13H23N3O2/c1-10(2)14-8-11-9-18-13(15-11)16(3)12-4-6-17-7-5-12/h9-10,12,14H,4-8H2,1-3H3. The third-order valence-electron chi connectivity index (χ3n) is 3.27. The zero-order chi connectivity index (χ0) is 13.0. The Balaban J connectivity index is 1.91. The van der Waals surface area contributed by atoms with Crippen molar-refractivity contribution < 1.29 is 9.15 Å². The third-order valence-corrected chi connectivity index (χ3v) is 3.27. The van der Waals surface area contributed by atoms with Crippen LogP contribution in [0.1, 0.15) is 32.4 Å². The van der Waals surface area contributed by atoms with E-state index in [1.165, 1.54) is 0 Å². The highest BCUT2D eigenvalue weighted by Crippen LogP contribution is 2.20. The number of ether oxygens (including phenoxy) is 1.